The van der Waals surface area contributed by atoms with Gasteiger partial charge in [0.2, 0.25) is 0 Å². The van der Waals surface area contributed by atoms with Crippen LogP contribution in [0.5, 0.6) is 0 Å². The van der Waals surface area contributed by atoms with E-state index in [-0.39, 0.29) is 11.5 Å². The summed E-state index contributed by atoms with van der Waals surface area (Å²) in [4.78, 5) is 11.9. The molecule has 0 aliphatic heterocycles. The van der Waals surface area contributed by atoms with Crippen molar-refractivity contribution < 1.29 is 9.90 Å². The summed E-state index contributed by atoms with van der Waals surface area (Å²) in [6, 6.07) is 0. The first-order valence-corrected chi connectivity index (χ1v) is 9.15. The molecule has 4 aliphatic rings. The number of Topliss-reactive ketones (excluding diaryl/α,β-unsaturated/α-hetero) is 1. The van der Waals surface area contributed by atoms with E-state index in [0.29, 0.717) is 17.1 Å². The van der Waals surface area contributed by atoms with Crippen molar-refractivity contribution in [2.24, 2.45) is 34.5 Å². The zero-order valence-corrected chi connectivity index (χ0v) is 13.6. The highest BCUT2D eigenvalue weighted by molar-refractivity contribution is 5.79. The third kappa shape index (κ3) is 1.84. The van der Waals surface area contributed by atoms with Crippen LogP contribution in [0.15, 0.2) is 0 Å². The van der Waals surface area contributed by atoms with Gasteiger partial charge < -0.3 is 5.11 Å². The molecule has 21 heavy (non-hydrogen) atoms. The molecule has 118 valence electrons. The standard InChI is InChI=1S/C19H30O2/c1-18-9-7-13(20)11-12(18)3-4-14-15-5-6-17(21)19(15,2)10-8-16(14)18/h12,14-17,21H,3-11H2,1-2H3/t12-,14-,15+,16+,17-,18-,19+/m1/s1. The molecule has 1 N–H and O–H groups in total. The number of rotatable bonds is 0. The zero-order chi connectivity index (χ0) is 14.8. The molecular formula is C19H30O2. The van der Waals surface area contributed by atoms with Crippen molar-refractivity contribution in [3.8, 4) is 0 Å². The quantitative estimate of drug-likeness (QED) is 0.733. The van der Waals surface area contributed by atoms with Gasteiger partial charge in [0.15, 0.2) is 0 Å². The lowest BCUT2D eigenvalue weighted by Gasteiger charge is -2.60. The van der Waals surface area contributed by atoms with Gasteiger partial charge in [0.05, 0.1) is 6.10 Å². The smallest absolute Gasteiger partial charge is 0.133 e. The average molecular weight is 290 g/mol. The summed E-state index contributed by atoms with van der Waals surface area (Å²) in [6.07, 6.45) is 10.0. The first-order chi connectivity index (χ1) is 9.95. The van der Waals surface area contributed by atoms with E-state index in [4.69, 9.17) is 0 Å². The van der Waals surface area contributed by atoms with Crippen molar-refractivity contribution in [3.63, 3.8) is 0 Å². The molecule has 2 nitrogen and oxygen atoms in total. The van der Waals surface area contributed by atoms with E-state index in [9.17, 15) is 9.90 Å². The normalized spacial score (nSPS) is 56.5. The van der Waals surface area contributed by atoms with Crippen LogP contribution in [0.1, 0.15) is 71.6 Å². The van der Waals surface area contributed by atoms with Crippen LogP contribution in [0, 0.1) is 34.5 Å². The lowest BCUT2D eigenvalue weighted by molar-refractivity contribution is -0.141. The molecule has 0 bridgehead atoms. The summed E-state index contributed by atoms with van der Waals surface area (Å²) in [5, 5.41) is 10.5. The second-order valence-electron chi connectivity index (χ2n) is 9.04. The Kier molecular flexibility index (Phi) is 3.10. The van der Waals surface area contributed by atoms with E-state index in [1.54, 1.807) is 0 Å². The first kappa shape index (κ1) is 14.2. The predicted molar refractivity (Wildman–Crippen MR) is 82.7 cm³/mol. The topological polar surface area (TPSA) is 37.3 Å². The minimum absolute atomic E-state index is 0.0677. The summed E-state index contributed by atoms with van der Waals surface area (Å²) in [5.74, 6) is 3.52. The Hall–Kier alpha value is -0.370. The number of fused-ring (bicyclic) bond motifs is 5. The molecule has 0 unspecified atom stereocenters. The van der Waals surface area contributed by atoms with E-state index in [1.165, 1.54) is 32.1 Å². The number of aliphatic hydroxyl groups excluding tert-OH is 1. The molecule has 0 saturated heterocycles. The van der Waals surface area contributed by atoms with E-state index in [0.717, 1.165) is 43.4 Å². The molecule has 0 heterocycles. The van der Waals surface area contributed by atoms with Gasteiger partial charge in [-0.3, -0.25) is 4.79 Å². The van der Waals surface area contributed by atoms with Crippen LogP contribution in [-0.2, 0) is 4.79 Å². The van der Waals surface area contributed by atoms with Gasteiger partial charge in [-0.1, -0.05) is 13.8 Å². The van der Waals surface area contributed by atoms with Crippen LogP contribution in [0.3, 0.4) is 0 Å². The van der Waals surface area contributed by atoms with Crippen molar-refractivity contribution in [1.29, 1.82) is 0 Å². The maximum absolute atomic E-state index is 11.9. The SMILES string of the molecule is C[C@@]12CCC(=O)C[C@H]1CC[C@H]1[C@@H]2CC[C@]2(C)[C@H](O)CC[C@@H]12. The summed E-state index contributed by atoms with van der Waals surface area (Å²) < 4.78 is 0. The lowest BCUT2D eigenvalue weighted by Crippen LogP contribution is -2.54. The molecule has 0 spiro atoms. The largest absolute Gasteiger partial charge is 0.393 e. The number of ketones is 1. The number of hydrogen-bond acceptors (Lipinski definition) is 2. The Morgan fingerprint density at radius 1 is 0.952 bits per heavy atom. The lowest BCUT2D eigenvalue weighted by atomic mass is 9.45. The molecule has 4 fully saturated rings. The van der Waals surface area contributed by atoms with E-state index in [1.807, 2.05) is 0 Å². The molecule has 7 atom stereocenters. The van der Waals surface area contributed by atoms with Crippen molar-refractivity contribution in [1.82, 2.24) is 0 Å². The minimum atomic E-state index is -0.0677. The van der Waals surface area contributed by atoms with Crippen LogP contribution in [-0.4, -0.2) is 17.0 Å². The van der Waals surface area contributed by atoms with Gasteiger partial charge in [-0.2, -0.15) is 0 Å². The van der Waals surface area contributed by atoms with Crippen molar-refractivity contribution in [2.75, 3.05) is 0 Å². The Labute approximate surface area is 128 Å². The molecule has 4 rings (SSSR count). The Bertz CT molecular complexity index is 458. The van der Waals surface area contributed by atoms with Gasteiger partial charge in [-0.05, 0) is 79.4 Å². The van der Waals surface area contributed by atoms with Crippen LogP contribution in [0.4, 0.5) is 0 Å². The molecule has 0 aromatic heterocycles. The molecule has 0 aromatic rings. The van der Waals surface area contributed by atoms with Crippen molar-refractivity contribution >= 4 is 5.78 Å². The van der Waals surface area contributed by atoms with Crippen LogP contribution in [0.25, 0.3) is 0 Å². The Morgan fingerprint density at radius 3 is 2.52 bits per heavy atom. The second-order valence-corrected chi connectivity index (χ2v) is 9.04. The van der Waals surface area contributed by atoms with Crippen molar-refractivity contribution in [2.45, 2.75) is 77.7 Å². The third-order valence-corrected chi connectivity index (χ3v) is 8.43. The molecule has 0 aromatic carbocycles. The fourth-order valence-corrected chi connectivity index (χ4v) is 7.02. The summed E-state index contributed by atoms with van der Waals surface area (Å²) in [7, 11) is 0. The fraction of sp³-hybridized carbons (Fsp3) is 0.947. The van der Waals surface area contributed by atoms with Gasteiger partial charge in [0.25, 0.3) is 0 Å². The van der Waals surface area contributed by atoms with Gasteiger partial charge >= 0.3 is 0 Å². The van der Waals surface area contributed by atoms with Gasteiger partial charge in [-0.25, -0.2) is 0 Å². The molecule has 0 amide bonds. The van der Waals surface area contributed by atoms with E-state index >= 15 is 0 Å². The van der Waals surface area contributed by atoms with E-state index < -0.39 is 0 Å². The number of carbonyl (C=O) groups excluding carboxylic acids is 1. The average Bonchev–Trinajstić information content (AvgIpc) is 2.76. The Morgan fingerprint density at radius 2 is 1.71 bits per heavy atom. The fourth-order valence-electron chi connectivity index (χ4n) is 7.02. The third-order valence-electron chi connectivity index (χ3n) is 8.43. The Balaban J connectivity index is 1.64. The maximum atomic E-state index is 11.9. The molecule has 0 radical (unpaired) electrons. The number of aliphatic hydroxyl groups is 1. The van der Waals surface area contributed by atoms with Gasteiger partial charge in [0, 0.05) is 12.8 Å². The van der Waals surface area contributed by atoms with Gasteiger partial charge in [0.1, 0.15) is 5.78 Å². The van der Waals surface area contributed by atoms with Crippen LogP contribution in [0.2, 0.25) is 0 Å². The van der Waals surface area contributed by atoms with Crippen LogP contribution < -0.4 is 0 Å². The second kappa shape index (κ2) is 4.57. The van der Waals surface area contributed by atoms with E-state index in [2.05, 4.69) is 13.8 Å². The summed E-state index contributed by atoms with van der Waals surface area (Å²) in [6.45, 7) is 4.85. The molecule has 2 heteroatoms. The number of hydrogen-bond donors (Lipinski definition) is 1. The minimum Gasteiger partial charge on any atom is -0.393 e. The van der Waals surface area contributed by atoms with Crippen LogP contribution >= 0.6 is 0 Å². The highest BCUT2D eigenvalue weighted by Crippen LogP contribution is 2.65. The summed E-state index contributed by atoms with van der Waals surface area (Å²) in [5.41, 5.74) is 0.598. The summed E-state index contributed by atoms with van der Waals surface area (Å²) >= 11 is 0. The maximum Gasteiger partial charge on any atom is 0.133 e. The highest BCUT2D eigenvalue weighted by atomic mass is 16.3. The number of carbonyl (C=O) groups is 1. The highest BCUT2D eigenvalue weighted by Gasteiger charge is 2.59. The molecule has 4 aliphatic carbocycles. The zero-order valence-electron chi connectivity index (χ0n) is 13.6. The molecule has 4 saturated carbocycles. The molecular weight excluding hydrogens is 260 g/mol. The first-order valence-electron chi connectivity index (χ1n) is 9.15. The monoisotopic (exact) mass is 290 g/mol. The predicted octanol–water partition coefficient (Wildman–Crippen LogP) is 3.96. The van der Waals surface area contributed by atoms with Crippen molar-refractivity contribution in [3.05, 3.63) is 0 Å². The van der Waals surface area contributed by atoms with Gasteiger partial charge in [-0.15, -0.1) is 0 Å².